The Morgan fingerprint density at radius 2 is 1.77 bits per heavy atom. The lowest BCUT2D eigenvalue weighted by Gasteiger charge is -2.25. The van der Waals surface area contributed by atoms with Crippen molar-refractivity contribution in [1.29, 1.82) is 0 Å². The monoisotopic (exact) mass is 326 g/mol. The molecule has 0 spiro atoms. The first kappa shape index (κ1) is 18.6. The number of carbonyl (C=O) groups is 1. The van der Waals surface area contributed by atoms with Crippen LogP contribution in [0.25, 0.3) is 0 Å². The van der Waals surface area contributed by atoms with Gasteiger partial charge in [0, 0.05) is 25.2 Å². The second-order valence-electron chi connectivity index (χ2n) is 6.40. The molecule has 0 saturated heterocycles. The zero-order valence-corrected chi connectivity index (χ0v) is 15.3. The molecular formula is C16H26N2O3S. The van der Waals surface area contributed by atoms with Crippen LogP contribution < -0.4 is 5.32 Å². The molecule has 6 heteroatoms. The highest BCUT2D eigenvalue weighted by Gasteiger charge is 2.24. The molecule has 1 N–H and O–H groups in total. The van der Waals surface area contributed by atoms with Crippen LogP contribution in [0.15, 0.2) is 17.0 Å². The maximum atomic E-state index is 12.4. The third-order valence-electron chi connectivity index (χ3n) is 3.98. The quantitative estimate of drug-likeness (QED) is 0.904. The summed E-state index contributed by atoms with van der Waals surface area (Å²) in [6.07, 6.45) is 0.784. The topological polar surface area (TPSA) is 66.5 Å². The van der Waals surface area contributed by atoms with E-state index >= 15 is 0 Å². The predicted molar refractivity (Wildman–Crippen MR) is 88.6 cm³/mol. The number of amides is 1. The van der Waals surface area contributed by atoms with E-state index in [1.807, 2.05) is 27.7 Å². The Labute approximate surface area is 133 Å². The largest absolute Gasteiger partial charge is 0.347 e. The zero-order chi connectivity index (χ0) is 17.3. The van der Waals surface area contributed by atoms with Crippen LogP contribution in [0, 0.1) is 13.8 Å². The number of rotatable bonds is 5. The fourth-order valence-corrected chi connectivity index (χ4v) is 3.11. The van der Waals surface area contributed by atoms with Crippen molar-refractivity contribution >= 4 is 15.9 Å². The summed E-state index contributed by atoms with van der Waals surface area (Å²) in [5, 5.41) is 2.93. The number of benzene rings is 1. The highest BCUT2D eigenvalue weighted by Crippen LogP contribution is 2.23. The minimum absolute atomic E-state index is 0.178. The standard InChI is InChI=1S/C16H26N2O3S/c1-8-16(4,5)17-15(19)13-9-11(2)12(3)14(10-13)22(20,21)18(6)7/h9-10H,8H2,1-7H3,(H,17,19). The Morgan fingerprint density at radius 1 is 1.23 bits per heavy atom. The van der Waals surface area contributed by atoms with Gasteiger partial charge >= 0.3 is 0 Å². The second-order valence-corrected chi connectivity index (χ2v) is 8.52. The molecule has 0 aliphatic rings. The molecule has 0 saturated carbocycles. The van der Waals surface area contributed by atoms with Gasteiger partial charge < -0.3 is 5.32 Å². The van der Waals surface area contributed by atoms with E-state index in [-0.39, 0.29) is 16.3 Å². The van der Waals surface area contributed by atoms with Gasteiger partial charge in [0.15, 0.2) is 0 Å². The molecule has 0 unspecified atom stereocenters. The fraction of sp³-hybridized carbons (Fsp3) is 0.562. The SMILES string of the molecule is CCC(C)(C)NC(=O)c1cc(C)c(C)c(S(=O)(=O)N(C)C)c1. The maximum absolute atomic E-state index is 12.4. The summed E-state index contributed by atoms with van der Waals surface area (Å²) in [6.45, 7) is 9.42. The van der Waals surface area contributed by atoms with Gasteiger partial charge in [-0.3, -0.25) is 4.79 Å². The average Bonchev–Trinajstić information content (AvgIpc) is 2.40. The summed E-state index contributed by atoms with van der Waals surface area (Å²) in [5.74, 6) is -0.259. The van der Waals surface area contributed by atoms with Crippen LogP contribution in [-0.2, 0) is 10.0 Å². The molecule has 1 rings (SSSR count). The minimum Gasteiger partial charge on any atom is -0.347 e. The number of nitrogens with zero attached hydrogens (tertiary/aromatic N) is 1. The number of sulfonamides is 1. The highest BCUT2D eigenvalue weighted by molar-refractivity contribution is 7.89. The van der Waals surface area contributed by atoms with E-state index in [4.69, 9.17) is 0 Å². The second kappa shape index (κ2) is 6.38. The lowest BCUT2D eigenvalue weighted by Crippen LogP contribution is -2.42. The van der Waals surface area contributed by atoms with E-state index in [0.717, 1.165) is 16.3 Å². The lowest BCUT2D eigenvalue weighted by atomic mass is 10.0. The average molecular weight is 326 g/mol. The highest BCUT2D eigenvalue weighted by atomic mass is 32.2. The van der Waals surface area contributed by atoms with Crippen molar-refractivity contribution < 1.29 is 13.2 Å². The minimum atomic E-state index is -3.58. The Morgan fingerprint density at radius 3 is 2.23 bits per heavy atom. The van der Waals surface area contributed by atoms with Crippen molar-refractivity contribution in [3.8, 4) is 0 Å². The van der Waals surface area contributed by atoms with Gasteiger partial charge in [-0.05, 0) is 57.4 Å². The van der Waals surface area contributed by atoms with Crippen molar-refractivity contribution in [2.75, 3.05) is 14.1 Å². The van der Waals surface area contributed by atoms with Gasteiger partial charge in [-0.15, -0.1) is 0 Å². The van der Waals surface area contributed by atoms with Crippen LogP contribution in [0.1, 0.15) is 48.7 Å². The third kappa shape index (κ3) is 3.87. The van der Waals surface area contributed by atoms with Gasteiger partial charge in [0.25, 0.3) is 5.91 Å². The number of hydrogen-bond acceptors (Lipinski definition) is 3. The van der Waals surface area contributed by atoms with Crippen LogP contribution in [0.3, 0.4) is 0 Å². The Balaban J connectivity index is 3.37. The number of carbonyl (C=O) groups excluding carboxylic acids is 1. The zero-order valence-electron chi connectivity index (χ0n) is 14.4. The number of hydrogen-bond donors (Lipinski definition) is 1. The van der Waals surface area contributed by atoms with E-state index in [1.54, 1.807) is 13.0 Å². The first-order chi connectivity index (χ1) is 9.92. The van der Waals surface area contributed by atoms with Crippen LogP contribution in [0.4, 0.5) is 0 Å². The molecule has 1 aromatic rings. The van der Waals surface area contributed by atoms with Crippen molar-refractivity contribution in [3.05, 3.63) is 28.8 Å². The van der Waals surface area contributed by atoms with Gasteiger partial charge in [0.2, 0.25) is 10.0 Å². The van der Waals surface area contributed by atoms with E-state index in [1.165, 1.54) is 20.2 Å². The molecule has 1 aromatic carbocycles. The molecule has 5 nitrogen and oxygen atoms in total. The van der Waals surface area contributed by atoms with Gasteiger partial charge in [-0.25, -0.2) is 12.7 Å². The lowest BCUT2D eigenvalue weighted by molar-refractivity contribution is 0.0911. The van der Waals surface area contributed by atoms with Crippen LogP contribution in [0.2, 0.25) is 0 Å². The molecule has 0 aromatic heterocycles. The molecule has 0 aliphatic carbocycles. The summed E-state index contributed by atoms with van der Waals surface area (Å²) in [6, 6.07) is 3.18. The first-order valence-corrected chi connectivity index (χ1v) is 8.72. The van der Waals surface area contributed by atoms with Crippen LogP contribution in [-0.4, -0.2) is 38.3 Å². The number of aryl methyl sites for hydroxylation is 1. The summed E-state index contributed by atoms with van der Waals surface area (Å²) in [4.78, 5) is 12.6. The normalized spacial score (nSPS) is 12.5. The Hall–Kier alpha value is -1.40. The van der Waals surface area contributed by atoms with E-state index in [0.29, 0.717) is 11.1 Å². The molecular weight excluding hydrogens is 300 g/mol. The van der Waals surface area contributed by atoms with Crippen molar-refractivity contribution in [1.82, 2.24) is 9.62 Å². The molecule has 1 amide bonds. The third-order valence-corrected chi connectivity index (χ3v) is 5.92. The molecule has 0 atom stereocenters. The Kier molecular flexibility index (Phi) is 5.41. The van der Waals surface area contributed by atoms with Crippen molar-refractivity contribution in [2.24, 2.45) is 0 Å². The summed E-state index contributed by atoms with van der Waals surface area (Å²) in [7, 11) is -0.616. The maximum Gasteiger partial charge on any atom is 0.251 e. The smallest absolute Gasteiger partial charge is 0.251 e. The van der Waals surface area contributed by atoms with Gasteiger partial charge in [0.1, 0.15) is 0 Å². The molecule has 0 radical (unpaired) electrons. The first-order valence-electron chi connectivity index (χ1n) is 7.28. The summed E-state index contributed by atoms with van der Waals surface area (Å²) < 4.78 is 26.0. The van der Waals surface area contributed by atoms with Crippen molar-refractivity contribution in [3.63, 3.8) is 0 Å². The van der Waals surface area contributed by atoms with Crippen LogP contribution in [0.5, 0.6) is 0 Å². The Bertz CT molecular complexity index is 677. The fourth-order valence-electron chi connectivity index (χ4n) is 1.89. The van der Waals surface area contributed by atoms with Gasteiger partial charge in [-0.1, -0.05) is 6.92 Å². The predicted octanol–water partition coefficient (Wildman–Crippen LogP) is 2.47. The molecule has 0 fully saturated rings. The molecule has 0 heterocycles. The number of nitrogens with one attached hydrogen (secondary N) is 1. The molecule has 124 valence electrons. The molecule has 22 heavy (non-hydrogen) atoms. The van der Waals surface area contributed by atoms with E-state index in [9.17, 15) is 13.2 Å². The van der Waals surface area contributed by atoms with Gasteiger partial charge in [-0.2, -0.15) is 0 Å². The summed E-state index contributed by atoms with van der Waals surface area (Å²) >= 11 is 0. The molecule has 0 bridgehead atoms. The van der Waals surface area contributed by atoms with Crippen LogP contribution >= 0.6 is 0 Å². The molecule has 0 aliphatic heterocycles. The summed E-state index contributed by atoms with van der Waals surface area (Å²) in [5.41, 5.74) is 1.48. The van der Waals surface area contributed by atoms with E-state index < -0.39 is 10.0 Å². The van der Waals surface area contributed by atoms with E-state index in [2.05, 4.69) is 5.32 Å². The van der Waals surface area contributed by atoms with Gasteiger partial charge in [0.05, 0.1) is 4.90 Å². The van der Waals surface area contributed by atoms with Crippen molar-refractivity contribution in [2.45, 2.75) is 51.5 Å².